The Labute approximate surface area is 275 Å². The third-order valence-corrected chi connectivity index (χ3v) is 15.8. The van der Waals surface area contributed by atoms with Gasteiger partial charge in [0.05, 0.1) is 18.6 Å². The molecule has 0 heterocycles. The van der Waals surface area contributed by atoms with E-state index in [1.165, 1.54) is 38.4 Å². The Balaban J connectivity index is 1.28. The van der Waals surface area contributed by atoms with Gasteiger partial charge in [-0.1, -0.05) is 72.5 Å². The average molecular weight is 626 g/mol. The highest BCUT2D eigenvalue weighted by atomic mass is 16.5. The topological polar surface area (TPSA) is 75.6 Å². The summed E-state index contributed by atoms with van der Waals surface area (Å²) in [4.78, 5) is 25.6. The van der Waals surface area contributed by atoms with Crippen molar-refractivity contribution >= 4 is 11.9 Å². The number of allylic oxidation sites excluding steroid dienone is 1. The number of amides is 1. The van der Waals surface area contributed by atoms with Crippen LogP contribution < -0.4 is 5.32 Å². The highest BCUT2D eigenvalue weighted by Gasteiger charge is 2.71. The van der Waals surface area contributed by atoms with Crippen LogP contribution in [0.15, 0.2) is 12.2 Å². The summed E-state index contributed by atoms with van der Waals surface area (Å²) < 4.78 is 4.74. The molecule has 5 aliphatic carbocycles. The summed E-state index contributed by atoms with van der Waals surface area (Å²) in [6.07, 6.45) is 18.1. The van der Waals surface area contributed by atoms with Crippen molar-refractivity contribution in [2.75, 3.05) is 13.7 Å². The van der Waals surface area contributed by atoms with Crippen LogP contribution in [0.4, 0.5) is 0 Å². The van der Waals surface area contributed by atoms with Gasteiger partial charge in [-0.3, -0.25) is 9.59 Å². The molecule has 5 nitrogen and oxygen atoms in total. The van der Waals surface area contributed by atoms with E-state index in [0.29, 0.717) is 41.9 Å². The van der Waals surface area contributed by atoms with Crippen LogP contribution in [0.3, 0.4) is 0 Å². The molecule has 10 atom stereocenters. The molecule has 5 rings (SSSR count). The summed E-state index contributed by atoms with van der Waals surface area (Å²) in [7, 11) is 1.45. The van der Waals surface area contributed by atoms with E-state index < -0.39 is 0 Å². The average Bonchev–Trinajstić information content (AvgIpc) is 3.40. The Bertz CT molecular complexity index is 1120. The lowest BCUT2D eigenvalue weighted by Gasteiger charge is -2.72. The maximum absolute atomic E-state index is 14.3. The predicted molar refractivity (Wildman–Crippen MR) is 182 cm³/mol. The Hall–Kier alpha value is -1.36. The molecule has 0 bridgehead atoms. The van der Waals surface area contributed by atoms with Crippen molar-refractivity contribution in [1.82, 2.24) is 5.32 Å². The number of fused-ring (bicyclic) bond motifs is 7. The third-order valence-electron chi connectivity index (χ3n) is 15.8. The van der Waals surface area contributed by atoms with Crippen molar-refractivity contribution in [3.05, 3.63) is 12.2 Å². The van der Waals surface area contributed by atoms with E-state index in [1.807, 2.05) is 0 Å². The Morgan fingerprint density at radius 3 is 2.18 bits per heavy atom. The number of esters is 1. The highest BCUT2D eigenvalue weighted by Crippen LogP contribution is 2.77. The zero-order chi connectivity index (χ0) is 32.8. The van der Waals surface area contributed by atoms with Crippen molar-refractivity contribution in [1.29, 1.82) is 0 Å². The van der Waals surface area contributed by atoms with Crippen LogP contribution in [-0.4, -0.2) is 36.7 Å². The highest BCUT2D eigenvalue weighted by molar-refractivity contribution is 5.83. The summed E-state index contributed by atoms with van der Waals surface area (Å²) in [5.41, 5.74) is 1.79. The third kappa shape index (κ3) is 5.65. The van der Waals surface area contributed by atoms with E-state index in [9.17, 15) is 14.7 Å². The van der Waals surface area contributed by atoms with E-state index in [-0.39, 0.29) is 39.1 Å². The minimum atomic E-state index is -0.247. The van der Waals surface area contributed by atoms with Gasteiger partial charge in [0, 0.05) is 13.0 Å². The molecule has 5 aliphatic rings. The number of ether oxygens (including phenoxy) is 1. The van der Waals surface area contributed by atoms with Crippen molar-refractivity contribution < 1.29 is 19.4 Å². The molecule has 0 radical (unpaired) electrons. The van der Waals surface area contributed by atoms with Crippen LogP contribution in [0, 0.1) is 56.7 Å². The number of hydrogen-bond donors (Lipinski definition) is 2. The number of carbonyl (C=O) groups is 2. The molecular weight excluding hydrogens is 558 g/mol. The Morgan fingerprint density at radius 2 is 1.49 bits per heavy atom. The predicted octanol–water partition coefficient (Wildman–Crippen LogP) is 9.02. The number of unbranched alkanes of at least 4 members (excludes halogenated alkanes) is 5. The molecular formula is C40H67NO4. The van der Waals surface area contributed by atoms with Gasteiger partial charge in [-0.25, -0.2) is 0 Å². The van der Waals surface area contributed by atoms with Gasteiger partial charge in [0.25, 0.3) is 0 Å². The van der Waals surface area contributed by atoms with Gasteiger partial charge in [0.1, 0.15) is 0 Å². The van der Waals surface area contributed by atoms with Crippen LogP contribution in [0.2, 0.25) is 0 Å². The van der Waals surface area contributed by atoms with Crippen molar-refractivity contribution in [2.24, 2.45) is 56.7 Å². The monoisotopic (exact) mass is 626 g/mol. The van der Waals surface area contributed by atoms with Gasteiger partial charge >= 0.3 is 5.97 Å². The first-order valence-corrected chi connectivity index (χ1v) is 18.9. The largest absolute Gasteiger partial charge is 0.469 e. The SMILES string of the molecule is C=C(C)[C@@H]1CC[C@]2(C(=O)NCCCCCCCCC(=O)OC)CC[C@]3(C)[C@H](CC[C@@H]4[C@@]5(C)CC[C@H](O)C(C)(C)[C@@H]5CC[C@]43C)[C@@H]12. The molecule has 0 aromatic heterocycles. The number of hydrogen-bond acceptors (Lipinski definition) is 4. The molecule has 45 heavy (non-hydrogen) atoms. The van der Waals surface area contributed by atoms with Crippen LogP contribution >= 0.6 is 0 Å². The number of rotatable bonds is 11. The molecule has 0 unspecified atom stereocenters. The summed E-state index contributed by atoms with van der Waals surface area (Å²) in [5.74, 6) is 2.89. The van der Waals surface area contributed by atoms with Gasteiger partial charge in [-0.05, 0) is 135 Å². The second-order valence-electron chi connectivity index (χ2n) is 17.9. The smallest absolute Gasteiger partial charge is 0.305 e. The van der Waals surface area contributed by atoms with Crippen LogP contribution in [0.5, 0.6) is 0 Å². The Kier molecular flexibility index (Phi) is 10.0. The fraction of sp³-hybridized carbons (Fsp3) is 0.900. The van der Waals surface area contributed by atoms with E-state index in [1.54, 1.807) is 0 Å². The zero-order valence-corrected chi connectivity index (χ0v) is 30.1. The summed E-state index contributed by atoms with van der Waals surface area (Å²) in [6.45, 7) is 20.1. The number of methoxy groups -OCH3 is 1. The van der Waals surface area contributed by atoms with Crippen molar-refractivity contribution in [3.8, 4) is 0 Å². The quantitative estimate of drug-likeness (QED) is 0.136. The molecule has 0 spiro atoms. The van der Waals surface area contributed by atoms with Crippen molar-refractivity contribution in [3.63, 3.8) is 0 Å². The fourth-order valence-electron chi connectivity index (χ4n) is 13.1. The summed E-state index contributed by atoms with van der Waals surface area (Å²) >= 11 is 0. The normalized spacial score (nSPS) is 43.3. The van der Waals surface area contributed by atoms with E-state index >= 15 is 0 Å². The van der Waals surface area contributed by atoms with Crippen molar-refractivity contribution in [2.45, 2.75) is 157 Å². The second kappa shape index (κ2) is 12.9. The standard InChI is InChI=1S/C40H67NO4/c1-27(2)28-18-23-40(35(44)41-26-14-12-10-9-11-13-15-33(43)45-8)25-24-38(6)29(34(28)40)16-17-31-37(5)21-20-32(42)36(3,4)30(37)19-22-39(31,38)7/h28-32,34,42H,1,9-26H2,2-8H3,(H,41,44)/t28-,29+,30-,31+,32-,34+,37-,38+,39+,40-/m0/s1. The first-order valence-electron chi connectivity index (χ1n) is 18.9. The van der Waals surface area contributed by atoms with Gasteiger partial charge in [0.2, 0.25) is 5.91 Å². The minimum absolute atomic E-state index is 0.0209. The molecule has 5 fully saturated rings. The molecule has 0 aromatic carbocycles. The number of carbonyl (C=O) groups excluding carboxylic acids is 2. The van der Waals surface area contributed by atoms with E-state index in [0.717, 1.165) is 83.6 Å². The molecule has 2 N–H and O–H groups in total. The second-order valence-corrected chi connectivity index (χ2v) is 17.9. The van der Waals surface area contributed by atoms with Crippen LogP contribution in [0.25, 0.3) is 0 Å². The maximum Gasteiger partial charge on any atom is 0.305 e. The molecule has 256 valence electrons. The van der Waals surface area contributed by atoms with Gasteiger partial charge in [-0.15, -0.1) is 0 Å². The Morgan fingerprint density at radius 1 is 0.800 bits per heavy atom. The first kappa shape index (κ1) is 35.0. The van der Waals surface area contributed by atoms with Gasteiger partial charge in [0.15, 0.2) is 0 Å². The van der Waals surface area contributed by atoms with Gasteiger partial charge < -0.3 is 15.2 Å². The minimum Gasteiger partial charge on any atom is -0.469 e. The van der Waals surface area contributed by atoms with E-state index in [2.05, 4.69) is 53.4 Å². The molecule has 5 saturated carbocycles. The zero-order valence-electron chi connectivity index (χ0n) is 30.1. The summed E-state index contributed by atoms with van der Waals surface area (Å²) in [6, 6.07) is 0. The lowest BCUT2D eigenvalue weighted by Crippen LogP contribution is -2.67. The molecule has 5 heteroatoms. The van der Waals surface area contributed by atoms with E-state index in [4.69, 9.17) is 4.74 Å². The molecule has 1 amide bonds. The number of nitrogens with one attached hydrogen (secondary N) is 1. The molecule has 0 aliphatic heterocycles. The molecule has 0 saturated heterocycles. The van der Waals surface area contributed by atoms with Crippen LogP contribution in [-0.2, 0) is 14.3 Å². The summed E-state index contributed by atoms with van der Waals surface area (Å²) in [5, 5.41) is 14.5. The number of aliphatic hydroxyl groups is 1. The maximum atomic E-state index is 14.3. The number of aliphatic hydroxyl groups excluding tert-OH is 1. The molecule has 0 aromatic rings. The fourth-order valence-corrected chi connectivity index (χ4v) is 13.1. The first-order chi connectivity index (χ1) is 21.2. The van der Waals surface area contributed by atoms with Gasteiger partial charge in [-0.2, -0.15) is 0 Å². The van der Waals surface area contributed by atoms with Crippen LogP contribution in [0.1, 0.15) is 151 Å². The lowest BCUT2D eigenvalue weighted by atomic mass is 9.32. The lowest BCUT2D eigenvalue weighted by molar-refractivity contribution is -0.246.